The molecule has 3 atom stereocenters. The molecule has 0 aromatic heterocycles. The zero-order valence-electron chi connectivity index (χ0n) is 27.8. The third kappa shape index (κ3) is 30.6. The molecular formula is C34H61O10P. The highest BCUT2D eigenvalue weighted by molar-refractivity contribution is 7.47. The first-order chi connectivity index (χ1) is 21.7. The SMILES string of the molecule is CCCCC/C=C/C/C=C/C/C=C/CCCCC(=O)O[C@H](COC(=O)CCCCCCCCC)COP(=O)(O)OC[C@@H](O)CO. The van der Waals surface area contributed by atoms with Crippen LogP contribution in [0.3, 0.4) is 0 Å². The third-order valence-corrected chi connectivity index (χ3v) is 7.75. The minimum Gasteiger partial charge on any atom is -0.462 e. The van der Waals surface area contributed by atoms with Crippen LogP contribution >= 0.6 is 7.82 Å². The average Bonchev–Trinajstić information content (AvgIpc) is 3.02. The van der Waals surface area contributed by atoms with E-state index in [0.29, 0.717) is 12.8 Å². The van der Waals surface area contributed by atoms with Crippen molar-refractivity contribution >= 4 is 19.8 Å². The van der Waals surface area contributed by atoms with Gasteiger partial charge in [-0.1, -0.05) is 102 Å². The number of esters is 2. The van der Waals surface area contributed by atoms with Crippen LogP contribution in [0.15, 0.2) is 36.5 Å². The number of ether oxygens (including phenoxy) is 2. The molecule has 1 unspecified atom stereocenters. The Kier molecular flexibility index (Phi) is 29.6. The molecule has 45 heavy (non-hydrogen) atoms. The van der Waals surface area contributed by atoms with Gasteiger partial charge in [0.2, 0.25) is 0 Å². The lowest BCUT2D eigenvalue weighted by atomic mass is 10.1. The van der Waals surface area contributed by atoms with Crippen LogP contribution in [-0.2, 0) is 32.7 Å². The van der Waals surface area contributed by atoms with E-state index in [1.165, 1.54) is 38.5 Å². The molecule has 0 aliphatic heterocycles. The summed E-state index contributed by atoms with van der Waals surface area (Å²) in [7, 11) is -4.61. The van der Waals surface area contributed by atoms with Crippen molar-refractivity contribution in [1.82, 2.24) is 0 Å². The van der Waals surface area contributed by atoms with Gasteiger partial charge in [-0.25, -0.2) is 4.57 Å². The maximum absolute atomic E-state index is 12.5. The van der Waals surface area contributed by atoms with Gasteiger partial charge >= 0.3 is 19.8 Å². The molecule has 10 nitrogen and oxygen atoms in total. The summed E-state index contributed by atoms with van der Waals surface area (Å²) < 4.78 is 32.3. The normalized spacial score (nSPS) is 14.7. The van der Waals surface area contributed by atoms with Crippen molar-refractivity contribution in [3.8, 4) is 0 Å². The lowest BCUT2D eigenvalue weighted by Gasteiger charge is -2.20. The van der Waals surface area contributed by atoms with Crippen LogP contribution in [0.1, 0.15) is 129 Å². The number of phosphoric ester groups is 1. The number of carbonyl (C=O) groups is 2. The fourth-order valence-corrected chi connectivity index (χ4v) is 4.90. The summed E-state index contributed by atoms with van der Waals surface area (Å²) in [5.74, 6) is -0.981. The molecule has 0 heterocycles. The lowest BCUT2D eigenvalue weighted by molar-refractivity contribution is -0.161. The van der Waals surface area contributed by atoms with Gasteiger partial charge in [0.1, 0.15) is 12.7 Å². The number of carbonyl (C=O) groups excluding carboxylic acids is 2. The van der Waals surface area contributed by atoms with E-state index >= 15 is 0 Å². The molecule has 0 aliphatic carbocycles. The van der Waals surface area contributed by atoms with Gasteiger partial charge in [0, 0.05) is 12.8 Å². The fourth-order valence-electron chi connectivity index (χ4n) is 4.11. The van der Waals surface area contributed by atoms with Crippen molar-refractivity contribution in [2.75, 3.05) is 26.4 Å². The Balaban J connectivity index is 4.49. The first-order valence-electron chi connectivity index (χ1n) is 16.9. The number of aliphatic hydroxyl groups is 2. The molecule has 0 spiro atoms. The van der Waals surface area contributed by atoms with Crippen LogP contribution < -0.4 is 0 Å². The average molecular weight is 661 g/mol. The Labute approximate surface area is 271 Å². The summed E-state index contributed by atoms with van der Waals surface area (Å²) in [6.45, 7) is 2.21. The van der Waals surface area contributed by atoms with Gasteiger partial charge in [-0.05, 0) is 51.4 Å². The predicted octanol–water partition coefficient (Wildman–Crippen LogP) is 7.66. The Bertz CT molecular complexity index is 858. The van der Waals surface area contributed by atoms with Gasteiger partial charge in [-0.2, -0.15) is 0 Å². The largest absolute Gasteiger partial charge is 0.472 e. The molecule has 0 aromatic carbocycles. The summed E-state index contributed by atoms with van der Waals surface area (Å²) in [4.78, 5) is 34.5. The van der Waals surface area contributed by atoms with Crippen LogP contribution in [-0.4, -0.2) is 65.7 Å². The highest BCUT2D eigenvalue weighted by Crippen LogP contribution is 2.43. The van der Waals surface area contributed by atoms with Crippen LogP contribution in [0.25, 0.3) is 0 Å². The fraction of sp³-hybridized carbons (Fsp3) is 0.765. The summed E-state index contributed by atoms with van der Waals surface area (Å²) in [5.41, 5.74) is 0. The second-order valence-electron chi connectivity index (χ2n) is 11.2. The molecule has 3 N–H and O–H groups in total. The van der Waals surface area contributed by atoms with Crippen molar-refractivity contribution in [2.24, 2.45) is 0 Å². The van der Waals surface area contributed by atoms with E-state index in [1.54, 1.807) is 0 Å². The topological polar surface area (TPSA) is 149 Å². The second kappa shape index (κ2) is 30.8. The number of rotatable bonds is 31. The van der Waals surface area contributed by atoms with Gasteiger partial charge in [-0.15, -0.1) is 0 Å². The van der Waals surface area contributed by atoms with Crippen LogP contribution in [0.4, 0.5) is 0 Å². The Morgan fingerprint density at radius 1 is 0.667 bits per heavy atom. The predicted molar refractivity (Wildman–Crippen MR) is 178 cm³/mol. The van der Waals surface area contributed by atoms with Crippen LogP contribution in [0.5, 0.6) is 0 Å². The summed E-state index contributed by atoms with van der Waals surface area (Å²) in [5, 5.41) is 18.2. The Hall–Kier alpha value is -1.81. The van der Waals surface area contributed by atoms with E-state index in [1.807, 2.05) is 0 Å². The molecule has 0 saturated carbocycles. The highest BCUT2D eigenvalue weighted by Gasteiger charge is 2.27. The molecule has 0 rings (SSSR count). The summed E-state index contributed by atoms with van der Waals surface area (Å²) >= 11 is 0. The van der Waals surface area contributed by atoms with E-state index in [9.17, 15) is 24.2 Å². The second-order valence-corrected chi connectivity index (χ2v) is 12.6. The monoisotopic (exact) mass is 660 g/mol. The number of hydrogen-bond acceptors (Lipinski definition) is 9. The zero-order chi connectivity index (χ0) is 33.4. The zero-order valence-corrected chi connectivity index (χ0v) is 28.7. The maximum atomic E-state index is 12.5. The molecule has 0 radical (unpaired) electrons. The van der Waals surface area contributed by atoms with Gasteiger partial charge in [0.05, 0.1) is 19.8 Å². The van der Waals surface area contributed by atoms with Gasteiger partial charge < -0.3 is 24.6 Å². The van der Waals surface area contributed by atoms with Crippen molar-refractivity contribution in [1.29, 1.82) is 0 Å². The third-order valence-electron chi connectivity index (χ3n) is 6.80. The minimum atomic E-state index is -4.61. The minimum absolute atomic E-state index is 0.136. The number of phosphoric acid groups is 1. The summed E-state index contributed by atoms with van der Waals surface area (Å²) in [6, 6.07) is 0. The molecule has 262 valence electrons. The van der Waals surface area contributed by atoms with Crippen molar-refractivity contribution in [3.05, 3.63) is 36.5 Å². The smallest absolute Gasteiger partial charge is 0.462 e. The lowest BCUT2D eigenvalue weighted by Crippen LogP contribution is -2.29. The summed E-state index contributed by atoms with van der Waals surface area (Å²) in [6.07, 6.45) is 27.2. The first-order valence-corrected chi connectivity index (χ1v) is 18.4. The van der Waals surface area contributed by atoms with Gasteiger partial charge in [0.15, 0.2) is 6.10 Å². The van der Waals surface area contributed by atoms with E-state index < -0.39 is 51.8 Å². The number of hydrogen-bond donors (Lipinski definition) is 3. The van der Waals surface area contributed by atoms with Crippen LogP contribution in [0, 0.1) is 0 Å². The molecule has 0 saturated heterocycles. The van der Waals surface area contributed by atoms with E-state index in [2.05, 4.69) is 54.8 Å². The number of allylic oxidation sites excluding steroid dienone is 6. The van der Waals surface area contributed by atoms with E-state index in [4.69, 9.17) is 19.1 Å². The first kappa shape index (κ1) is 43.2. The quantitative estimate of drug-likeness (QED) is 0.0293. The van der Waals surface area contributed by atoms with E-state index in [0.717, 1.165) is 51.4 Å². The van der Waals surface area contributed by atoms with Gasteiger partial charge in [-0.3, -0.25) is 18.6 Å². The Morgan fingerprint density at radius 3 is 1.78 bits per heavy atom. The number of aliphatic hydroxyl groups excluding tert-OH is 2. The molecule has 0 aliphatic rings. The van der Waals surface area contributed by atoms with Crippen molar-refractivity contribution < 1.29 is 47.8 Å². The highest BCUT2D eigenvalue weighted by atomic mass is 31.2. The maximum Gasteiger partial charge on any atom is 0.472 e. The molecule has 0 fully saturated rings. The molecule has 0 aromatic rings. The molecular weight excluding hydrogens is 599 g/mol. The standard InChI is InChI=1S/C34H61O10P/c1-3-5-7-9-11-12-13-14-15-16-17-18-20-22-24-26-34(38)44-32(30-43-45(39,40)42-28-31(36)27-35)29-41-33(37)25-23-21-19-10-8-6-4-2/h11-12,14-15,17-18,31-32,35-36H,3-10,13,16,19-30H2,1-2H3,(H,39,40)/b12-11+,15-14+,18-17+/t31-,32+/m0/s1. The molecule has 0 bridgehead atoms. The van der Waals surface area contributed by atoms with Crippen molar-refractivity contribution in [3.63, 3.8) is 0 Å². The van der Waals surface area contributed by atoms with Gasteiger partial charge in [0.25, 0.3) is 0 Å². The Morgan fingerprint density at radius 2 is 1.16 bits per heavy atom. The molecule has 11 heteroatoms. The van der Waals surface area contributed by atoms with Crippen molar-refractivity contribution in [2.45, 2.75) is 142 Å². The molecule has 0 amide bonds. The van der Waals surface area contributed by atoms with E-state index in [-0.39, 0.29) is 19.4 Å². The number of unbranched alkanes of at least 4 members (excludes halogenated alkanes) is 11. The van der Waals surface area contributed by atoms with Crippen LogP contribution in [0.2, 0.25) is 0 Å².